The van der Waals surface area contributed by atoms with E-state index in [1.807, 2.05) is 65.1 Å². The Balaban J connectivity index is 1.99. The van der Waals surface area contributed by atoms with Crippen molar-refractivity contribution in [1.29, 1.82) is 0 Å². The summed E-state index contributed by atoms with van der Waals surface area (Å²) in [6, 6.07) is 19.5. The first-order valence-corrected chi connectivity index (χ1v) is 8.77. The van der Waals surface area contributed by atoms with E-state index in [1.54, 1.807) is 6.92 Å². The van der Waals surface area contributed by atoms with Crippen molar-refractivity contribution in [3.8, 4) is 11.3 Å². The van der Waals surface area contributed by atoms with Crippen LogP contribution in [0.15, 0.2) is 65.7 Å². The van der Waals surface area contributed by atoms with Gasteiger partial charge in [0.1, 0.15) is 10.7 Å². The number of nitrogens with zero attached hydrogens (tertiary/aromatic N) is 3. The van der Waals surface area contributed by atoms with Gasteiger partial charge in [-0.15, -0.1) is 0 Å². The minimum Gasteiger partial charge on any atom is -0.458 e. The summed E-state index contributed by atoms with van der Waals surface area (Å²) in [7, 11) is 0. The first kappa shape index (κ1) is 15.7. The second-order valence-electron chi connectivity index (χ2n) is 5.35. The number of hydrogen-bond acceptors (Lipinski definition) is 5. The van der Waals surface area contributed by atoms with E-state index in [1.165, 1.54) is 0 Å². The highest BCUT2D eigenvalue weighted by Crippen LogP contribution is 2.35. The van der Waals surface area contributed by atoms with E-state index in [0.717, 1.165) is 34.1 Å². The molecule has 0 saturated carbocycles. The molecule has 4 rings (SSSR count). The van der Waals surface area contributed by atoms with Crippen LogP contribution in [-0.4, -0.2) is 26.3 Å². The van der Waals surface area contributed by atoms with E-state index < -0.39 is 0 Å². The lowest BCUT2D eigenvalue weighted by Crippen LogP contribution is -1.98. The maximum atomic E-state index is 12.1. The first-order chi connectivity index (χ1) is 12.3. The van der Waals surface area contributed by atoms with Crippen LogP contribution in [-0.2, 0) is 4.74 Å². The molecule has 5 nitrogen and oxygen atoms in total. The molecule has 2 aromatic carbocycles. The Morgan fingerprint density at radius 1 is 1.04 bits per heavy atom. The Morgan fingerprint density at radius 2 is 1.76 bits per heavy atom. The summed E-state index contributed by atoms with van der Waals surface area (Å²) >= 11 is 1.04. The smallest absolute Gasteiger partial charge is 0.373 e. The van der Waals surface area contributed by atoms with Crippen molar-refractivity contribution in [2.75, 3.05) is 6.61 Å². The predicted molar refractivity (Wildman–Crippen MR) is 98.8 cm³/mol. The van der Waals surface area contributed by atoms with Gasteiger partial charge in [-0.3, -0.25) is 4.40 Å². The highest BCUT2D eigenvalue weighted by Gasteiger charge is 2.21. The molecule has 0 unspecified atom stereocenters. The number of thioether (sulfide) groups is 1. The summed E-state index contributed by atoms with van der Waals surface area (Å²) in [6.45, 7) is 2.13. The largest absolute Gasteiger partial charge is 0.458 e. The summed E-state index contributed by atoms with van der Waals surface area (Å²) in [5.41, 5.74) is 3.40. The topological polar surface area (TPSA) is 56.5 Å². The Bertz CT molecular complexity index is 1060. The maximum Gasteiger partial charge on any atom is 0.373 e. The van der Waals surface area contributed by atoms with Crippen LogP contribution in [0.2, 0.25) is 0 Å². The summed E-state index contributed by atoms with van der Waals surface area (Å²) in [5.74, 6) is 0.576. The molecule has 0 aliphatic rings. The van der Waals surface area contributed by atoms with Gasteiger partial charge in [-0.1, -0.05) is 48.5 Å². The highest BCUT2D eigenvalue weighted by molar-refractivity contribution is 8.13. The number of carbonyl (C=O) groups excluding carboxylic acids is 1. The molecule has 0 aliphatic carbocycles. The quantitative estimate of drug-likeness (QED) is 0.393. The molecule has 0 saturated heterocycles. The molecule has 25 heavy (non-hydrogen) atoms. The molecule has 6 heteroatoms. The number of hydrogen-bond donors (Lipinski definition) is 0. The fraction of sp³-hybridized carbons (Fsp3) is 0.105. The van der Waals surface area contributed by atoms with E-state index in [0.29, 0.717) is 17.4 Å². The number of benzene rings is 1. The van der Waals surface area contributed by atoms with Crippen molar-refractivity contribution in [3.63, 3.8) is 0 Å². The molecule has 0 atom stereocenters. The molecule has 2 heterocycles. The molecule has 0 radical (unpaired) electrons. The number of carbonyl (C=O) groups is 1. The third kappa shape index (κ3) is 2.85. The van der Waals surface area contributed by atoms with Crippen molar-refractivity contribution in [2.24, 2.45) is 0 Å². The lowest BCUT2D eigenvalue weighted by molar-refractivity contribution is 0.181. The fourth-order valence-corrected chi connectivity index (χ4v) is 3.58. The SMILES string of the molecule is CCOC(=O)Sc1c(-c2ccccc2)nc2nc3cccccc3n12. The van der Waals surface area contributed by atoms with E-state index in [4.69, 9.17) is 4.74 Å². The van der Waals surface area contributed by atoms with Crippen molar-refractivity contribution in [3.05, 3.63) is 60.7 Å². The van der Waals surface area contributed by atoms with Gasteiger partial charge in [-0.2, -0.15) is 0 Å². The van der Waals surface area contributed by atoms with E-state index in [-0.39, 0.29) is 5.30 Å². The van der Waals surface area contributed by atoms with Gasteiger partial charge in [-0.05, 0) is 19.1 Å². The monoisotopic (exact) mass is 349 g/mol. The lowest BCUT2D eigenvalue weighted by Gasteiger charge is -2.04. The van der Waals surface area contributed by atoms with Crippen molar-refractivity contribution in [1.82, 2.24) is 14.4 Å². The second-order valence-corrected chi connectivity index (χ2v) is 6.27. The number of ether oxygens (including phenoxy) is 1. The molecule has 4 aromatic rings. The van der Waals surface area contributed by atoms with Crippen LogP contribution in [0.1, 0.15) is 6.92 Å². The Labute approximate surface area is 148 Å². The molecule has 0 aliphatic heterocycles. The fourth-order valence-electron chi connectivity index (χ4n) is 2.71. The number of fused-ring (bicyclic) bond motifs is 3. The van der Waals surface area contributed by atoms with Crippen LogP contribution in [0, 0.1) is 0 Å². The van der Waals surface area contributed by atoms with Gasteiger partial charge < -0.3 is 4.74 Å². The average Bonchev–Trinajstić information content (AvgIpc) is 3.03. The van der Waals surface area contributed by atoms with Gasteiger partial charge in [0.15, 0.2) is 0 Å². The molecular formula is C19H15N3O2S. The number of aromatic nitrogens is 3. The highest BCUT2D eigenvalue weighted by atomic mass is 32.2. The van der Waals surface area contributed by atoms with Crippen LogP contribution < -0.4 is 0 Å². The minimum atomic E-state index is -0.351. The van der Waals surface area contributed by atoms with Crippen molar-refractivity contribution >= 4 is 33.9 Å². The number of rotatable bonds is 3. The summed E-state index contributed by atoms with van der Waals surface area (Å²) in [5, 5.41) is 0.365. The lowest BCUT2D eigenvalue weighted by atomic mass is 10.2. The van der Waals surface area contributed by atoms with E-state index in [9.17, 15) is 4.79 Å². The Kier molecular flexibility index (Phi) is 4.11. The van der Waals surface area contributed by atoms with Crippen molar-refractivity contribution < 1.29 is 9.53 Å². The molecule has 0 bridgehead atoms. The molecule has 0 spiro atoms. The van der Waals surface area contributed by atoms with Gasteiger partial charge in [0.05, 0.1) is 17.6 Å². The zero-order valence-electron chi connectivity index (χ0n) is 13.5. The van der Waals surface area contributed by atoms with Crippen LogP contribution in [0.25, 0.3) is 28.1 Å². The molecular weight excluding hydrogens is 334 g/mol. The van der Waals surface area contributed by atoms with Gasteiger partial charge in [-0.25, -0.2) is 14.8 Å². The summed E-state index contributed by atoms with van der Waals surface area (Å²) in [4.78, 5) is 21.4. The van der Waals surface area contributed by atoms with Gasteiger partial charge >= 0.3 is 5.30 Å². The van der Waals surface area contributed by atoms with E-state index >= 15 is 0 Å². The standard InChI is InChI=1S/C19H15N3O2S/c1-2-24-19(23)25-17-16(13-9-5-3-6-10-13)21-18-20-14-11-7-4-8-12-15(14)22(17)18/h3-12H,2H2,1H3. The molecule has 0 amide bonds. The van der Waals surface area contributed by atoms with Crippen LogP contribution in [0.4, 0.5) is 4.79 Å². The maximum absolute atomic E-state index is 12.1. The van der Waals surface area contributed by atoms with Crippen molar-refractivity contribution in [2.45, 2.75) is 11.9 Å². The van der Waals surface area contributed by atoms with E-state index in [2.05, 4.69) is 9.97 Å². The molecule has 124 valence electrons. The third-order valence-electron chi connectivity index (χ3n) is 3.76. The molecule has 2 aromatic heterocycles. The van der Waals surface area contributed by atoms with Gasteiger partial charge in [0, 0.05) is 17.3 Å². The molecule has 0 fully saturated rings. The number of imidazole rings is 2. The van der Waals surface area contributed by atoms with Crippen LogP contribution >= 0.6 is 11.8 Å². The Hall–Kier alpha value is -2.86. The Morgan fingerprint density at radius 3 is 2.52 bits per heavy atom. The van der Waals surface area contributed by atoms with Crippen LogP contribution in [0.5, 0.6) is 0 Å². The zero-order valence-corrected chi connectivity index (χ0v) is 14.4. The predicted octanol–water partition coefficient (Wildman–Crippen LogP) is 4.80. The van der Waals surface area contributed by atoms with Gasteiger partial charge in [0.2, 0.25) is 5.78 Å². The molecule has 0 N–H and O–H groups in total. The zero-order chi connectivity index (χ0) is 17.2. The summed E-state index contributed by atoms with van der Waals surface area (Å²) in [6.07, 6.45) is 0. The minimum absolute atomic E-state index is 0.337. The van der Waals surface area contributed by atoms with Crippen LogP contribution in [0.3, 0.4) is 0 Å². The second kappa shape index (κ2) is 6.57. The average molecular weight is 349 g/mol. The van der Waals surface area contributed by atoms with Gasteiger partial charge in [0.25, 0.3) is 0 Å². The third-order valence-corrected chi connectivity index (χ3v) is 4.61. The first-order valence-electron chi connectivity index (χ1n) is 7.95. The normalized spacial score (nSPS) is 11.1. The summed E-state index contributed by atoms with van der Waals surface area (Å²) < 4.78 is 7.04.